The summed E-state index contributed by atoms with van der Waals surface area (Å²) in [6.07, 6.45) is 0. The van der Waals surface area contributed by atoms with Crippen LogP contribution in [-0.2, 0) is 9.53 Å². The summed E-state index contributed by atoms with van der Waals surface area (Å²) in [5, 5.41) is 0. The highest BCUT2D eigenvalue weighted by molar-refractivity contribution is 9.09. The Labute approximate surface area is 114 Å². The topological polar surface area (TPSA) is 52.6 Å². The molecule has 1 rings (SSSR count). The Kier molecular flexibility index (Phi) is 5.34. The summed E-state index contributed by atoms with van der Waals surface area (Å²) < 4.78 is 10.1. The predicted molar refractivity (Wildman–Crippen MR) is 71.3 cm³/mol. The molecule has 0 N–H and O–H groups in total. The first-order chi connectivity index (χ1) is 8.51. The van der Waals surface area contributed by atoms with E-state index in [9.17, 15) is 9.59 Å². The number of esters is 1. The van der Waals surface area contributed by atoms with Crippen molar-refractivity contribution in [3.8, 4) is 5.75 Å². The van der Waals surface area contributed by atoms with Gasteiger partial charge in [0, 0.05) is 0 Å². The lowest BCUT2D eigenvalue weighted by Crippen LogP contribution is -2.09. The van der Waals surface area contributed by atoms with Gasteiger partial charge in [0.05, 0.1) is 18.5 Å². The Hall–Kier alpha value is -1.36. The molecular weight excluding hydrogens is 300 g/mol. The van der Waals surface area contributed by atoms with E-state index in [-0.39, 0.29) is 12.4 Å². The van der Waals surface area contributed by atoms with Gasteiger partial charge in [-0.2, -0.15) is 0 Å². The van der Waals surface area contributed by atoms with Crippen molar-refractivity contribution in [2.45, 2.75) is 18.7 Å². The van der Waals surface area contributed by atoms with Crippen molar-refractivity contribution < 1.29 is 19.1 Å². The maximum Gasteiger partial charge on any atom is 0.341 e. The lowest BCUT2D eigenvalue weighted by Gasteiger charge is -2.12. The van der Waals surface area contributed by atoms with E-state index in [4.69, 9.17) is 9.47 Å². The predicted octanol–water partition coefficient (Wildman–Crippen LogP) is 2.90. The van der Waals surface area contributed by atoms with E-state index in [1.165, 1.54) is 14.0 Å². The Morgan fingerprint density at radius 2 is 2.06 bits per heavy atom. The van der Waals surface area contributed by atoms with Gasteiger partial charge in [0.25, 0.3) is 0 Å². The monoisotopic (exact) mass is 314 g/mol. The summed E-state index contributed by atoms with van der Waals surface area (Å²) in [6, 6.07) is 5.00. The van der Waals surface area contributed by atoms with Crippen LogP contribution in [0, 0.1) is 0 Å². The molecule has 18 heavy (non-hydrogen) atoms. The molecular formula is C13H15BrO4. The van der Waals surface area contributed by atoms with Crippen LogP contribution in [0.5, 0.6) is 5.75 Å². The molecule has 5 heteroatoms. The van der Waals surface area contributed by atoms with Gasteiger partial charge in [-0.25, -0.2) is 4.79 Å². The summed E-state index contributed by atoms with van der Waals surface area (Å²) in [6.45, 7) is 3.50. The third-order valence-electron chi connectivity index (χ3n) is 2.37. The van der Waals surface area contributed by atoms with Gasteiger partial charge >= 0.3 is 5.97 Å². The number of benzene rings is 1. The normalized spacial score (nSPS) is 11.8. The molecule has 0 bridgehead atoms. The van der Waals surface area contributed by atoms with E-state index >= 15 is 0 Å². The van der Waals surface area contributed by atoms with Gasteiger partial charge in [0.15, 0.2) is 0 Å². The van der Waals surface area contributed by atoms with Gasteiger partial charge in [-0.3, -0.25) is 4.79 Å². The zero-order valence-corrected chi connectivity index (χ0v) is 12.1. The van der Waals surface area contributed by atoms with Crippen molar-refractivity contribution >= 4 is 27.7 Å². The molecule has 0 aliphatic heterocycles. The molecule has 0 radical (unpaired) electrons. The van der Waals surface area contributed by atoms with Crippen LogP contribution in [0.2, 0.25) is 0 Å². The zero-order chi connectivity index (χ0) is 13.7. The van der Waals surface area contributed by atoms with Crippen LogP contribution in [0.4, 0.5) is 0 Å². The number of hydrogen-bond donors (Lipinski definition) is 0. The third-order valence-corrected chi connectivity index (χ3v) is 3.54. The first-order valence-corrected chi connectivity index (χ1v) is 6.42. The first-order valence-electron chi connectivity index (χ1n) is 5.50. The minimum absolute atomic E-state index is 0.0324. The van der Waals surface area contributed by atoms with E-state index in [1.807, 2.05) is 0 Å². The van der Waals surface area contributed by atoms with Crippen molar-refractivity contribution in [1.82, 2.24) is 0 Å². The molecule has 1 unspecified atom stereocenters. The molecule has 0 fully saturated rings. The highest BCUT2D eigenvalue weighted by Gasteiger charge is 2.19. The van der Waals surface area contributed by atoms with Gasteiger partial charge in [-0.1, -0.05) is 22.0 Å². The SMILES string of the molecule is CCOC(=O)c1cc(C(Br)C(C)=O)ccc1OC. The second kappa shape index (κ2) is 6.54. The standard InChI is InChI=1S/C13H15BrO4/c1-4-18-13(16)10-7-9(12(14)8(2)15)5-6-11(10)17-3/h5-7,12H,4H2,1-3H3. The number of ether oxygens (including phenoxy) is 2. The maximum atomic E-state index is 11.8. The number of carbonyl (C=O) groups is 2. The Morgan fingerprint density at radius 3 is 2.56 bits per heavy atom. The molecule has 0 spiro atoms. The number of alkyl halides is 1. The molecule has 0 amide bonds. The van der Waals surface area contributed by atoms with Crippen LogP contribution in [0.1, 0.15) is 34.6 Å². The van der Waals surface area contributed by atoms with Crippen LogP contribution in [-0.4, -0.2) is 25.5 Å². The Bertz CT molecular complexity index is 456. The maximum absolute atomic E-state index is 11.8. The number of ketones is 1. The van der Waals surface area contributed by atoms with Crippen LogP contribution in [0.3, 0.4) is 0 Å². The lowest BCUT2D eigenvalue weighted by molar-refractivity contribution is -0.116. The van der Waals surface area contributed by atoms with Crippen molar-refractivity contribution in [2.24, 2.45) is 0 Å². The van der Waals surface area contributed by atoms with E-state index in [0.29, 0.717) is 16.9 Å². The molecule has 0 saturated heterocycles. The highest BCUT2D eigenvalue weighted by Crippen LogP contribution is 2.29. The molecule has 4 nitrogen and oxygen atoms in total. The fraction of sp³-hybridized carbons (Fsp3) is 0.385. The summed E-state index contributed by atoms with van der Waals surface area (Å²) in [7, 11) is 1.48. The van der Waals surface area contributed by atoms with Gasteiger partial charge in [0.2, 0.25) is 0 Å². The van der Waals surface area contributed by atoms with Gasteiger partial charge in [-0.15, -0.1) is 0 Å². The number of methoxy groups -OCH3 is 1. The number of halogens is 1. The van der Waals surface area contributed by atoms with Crippen LogP contribution >= 0.6 is 15.9 Å². The summed E-state index contributed by atoms with van der Waals surface area (Å²) in [4.78, 5) is 22.6. The summed E-state index contributed by atoms with van der Waals surface area (Å²) in [5.41, 5.74) is 1.02. The number of hydrogen-bond acceptors (Lipinski definition) is 4. The molecule has 0 aromatic heterocycles. The molecule has 0 heterocycles. The summed E-state index contributed by atoms with van der Waals surface area (Å²) in [5.74, 6) is -0.0603. The molecule has 1 aromatic rings. The Morgan fingerprint density at radius 1 is 1.39 bits per heavy atom. The van der Waals surface area contributed by atoms with Crippen molar-refractivity contribution in [3.05, 3.63) is 29.3 Å². The van der Waals surface area contributed by atoms with Crippen molar-refractivity contribution in [3.63, 3.8) is 0 Å². The average molecular weight is 315 g/mol. The molecule has 0 saturated carbocycles. The van der Waals surface area contributed by atoms with Crippen molar-refractivity contribution in [2.75, 3.05) is 13.7 Å². The second-order valence-electron chi connectivity index (χ2n) is 3.65. The average Bonchev–Trinajstić information content (AvgIpc) is 2.37. The third kappa shape index (κ3) is 3.32. The van der Waals surface area contributed by atoms with Gasteiger partial charge < -0.3 is 9.47 Å². The Balaban J connectivity index is 3.17. The zero-order valence-electron chi connectivity index (χ0n) is 10.5. The molecule has 0 aliphatic carbocycles. The minimum Gasteiger partial charge on any atom is -0.496 e. The smallest absolute Gasteiger partial charge is 0.341 e. The molecule has 0 aliphatic rings. The quantitative estimate of drug-likeness (QED) is 0.619. The van der Waals surface area contributed by atoms with Crippen LogP contribution in [0.25, 0.3) is 0 Å². The van der Waals surface area contributed by atoms with E-state index in [1.54, 1.807) is 25.1 Å². The minimum atomic E-state index is -0.459. The first kappa shape index (κ1) is 14.7. The summed E-state index contributed by atoms with van der Waals surface area (Å²) >= 11 is 3.28. The number of carbonyl (C=O) groups excluding carboxylic acids is 2. The second-order valence-corrected chi connectivity index (χ2v) is 4.57. The lowest BCUT2D eigenvalue weighted by atomic mass is 10.1. The highest BCUT2D eigenvalue weighted by atomic mass is 79.9. The van der Waals surface area contributed by atoms with Crippen LogP contribution in [0.15, 0.2) is 18.2 Å². The fourth-order valence-corrected chi connectivity index (χ4v) is 1.77. The van der Waals surface area contributed by atoms with Crippen molar-refractivity contribution in [1.29, 1.82) is 0 Å². The van der Waals surface area contributed by atoms with Gasteiger partial charge in [0.1, 0.15) is 17.1 Å². The van der Waals surface area contributed by atoms with Gasteiger partial charge in [-0.05, 0) is 31.5 Å². The number of Topliss-reactive ketones (excluding diaryl/α,β-unsaturated/α-hetero) is 1. The van der Waals surface area contributed by atoms with Crippen LogP contribution < -0.4 is 4.74 Å². The molecule has 1 atom stereocenters. The van der Waals surface area contributed by atoms with E-state index < -0.39 is 10.8 Å². The molecule has 1 aromatic carbocycles. The molecule has 98 valence electrons. The fourth-order valence-electron chi connectivity index (χ4n) is 1.49. The van der Waals surface area contributed by atoms with E-state index in [0.717, 1.165) is 0 Å². The van der Waals surface area contributed by atoms with E-state index in [2.05, 4.69) is 15.9 Å². The largest absolute Gasteiger partial charge is 0.496 e. The number of rotatable bonds is 5.